The molecule has 0 fully saturated rings. The van der Waals surface area contributed by atoms with E-state index in [2.05, 4.69) is 10.5 Å². The number of carbonyl (C=O) groups excluding carboxylic acids is 1. The Morgan fingerprint density at radius 3 is 2.72 bits per heavy atom. The maximum Gasteiger partial charge on any atom is 0.428 e. The molecular formula is C19H16N2O4. The number of fused-ring (bicyclic) bond motifs is 1. The average molecular weight is 336 g/mol. The second kappa shape index (κ2) is 7.92. The number of hydrogen-bond donors (Lipinski definition) is 1. The number of para-hydroxylation sites is 1. The fraction of sp³-hybridized carbons (Fsp3) is 0.105. The third kappa shape index (κ3) is 4.54. The number of hydrazone groups is 1. The van der Waals surface area contributed by atoms with E-state index >= 15 is 0 Å². The Balaban J connectivity index is 1.52. The van der Waals surface area contributed by atoms with Gasteiger partial charge in [0.1, 0.15) is 12.2 Å². The first kappa shape index (κ1) is 16.4. The molecule has 0 saturated heterocycles. The predicted molar refractivity (Wildman–Crippen MR) is 94.4 cm³/mol. The van der Waals surface area contributed by atoms with Crippen LogP contribution in [0.4, 0.5) is 4.79 Å². The molecule has 0 unspecified atom stereocenters. The van der Waals surface area contributed by atoms with E-state index in [1.807, 2.05) is 42.5 Å². The van der Waals surface area contributed by atoms with Crippen molar-refractivity contribution >= 4 is 23.3 Å². The lowest BCUT2D eigenvalue weighted by Gasteiger charge is -2.03. The van der Waals surface area contributed by atoms with Gasteiger partial charge in [0.25, 0.3) is 0 Å². The number of ether oxygens (including phenoxy) is 1. The first-order valence-corrected chi connectivity index (χ1v) is 7.72. The zero-order valence-electron chi connectivity index (χ0n) is 13.3. The minimum absolute atomic E-state index is 0.163. The van der Waals surface area contributed by atoms with E-state index in [4.69, 9.17) is 9.15 Å². The van der Waals surface area contributed by atoms with Crippen LogP contribution in [0.5, 0.6) is 0 Å². The summed E-state index contributed by atoms with van der Waals surface area (Å²) in [5.74, 6) is 0. The van der Waals surface area contributed by atoms with Gasteiger partial charge in [0, 0.05) is 23.6 Å². The number of benzene rings is 2. The molecule has 0 aliphatic heterocycles. The Labute approximate surface area is 143 Å². The van der Waals surface area contributed by atoms with Crippen LogP contribution >= 0.6 is 0 Å². The van der Waals surface area contributed by atoms with Gasteiger partial charge < -0.3 is 9.15 Å². The van der Waals surface area contributed by atoms with Crippen molar-refractivity contribution in [2.75, 3.05) is 0 Å². The van der Waals surface area contributed by atoms with Gasteiger partial charge in [0.2, 0.25) is 0 Å². The molecular weight excluding hydrogens is 320 g/mol. The Hall–Kier alpha value is -3.41. The van der Waals surface area contributed by atoms with Crippen molar-refractivity contribution in [1.82, 2.24) is 5.43 Å². The molecule has 1 N–H and O–H groups in total. The molecule has 1 heterocycles. The summed E-state index contributed by atoms with van der Waals surface area (Å²) >= 11 is 0. The summed E-state index contributed by atoms with van der Waals surface area (Å²) in [6.07, 6.45) is 1.00. The molecule has 0 bridgehead atoms. The number of carbonyl (C=O) groups is 1. The van der Waals surface area contributed by atoms with Gasteiger partial charge in [-0.25, -0.2) is 15.0 Å². The highest BCUT2D eigenvalue weighted by Gasteiger charge is 2.04. The van der Waals surface area contributed by atoms with Crippen LogP contribution in [0.25, 0.3) is 11.0 Å². The van der Waals surface area contributed by atoms with Gasteiger partial charge in [-0.3, -0.25) is 0 Å². The van der Waals surface area contributed by atoms with Gasteiger partial charge in [-0.2, -0.15) is 5.10 Å². The minimum Gasteiger partial charge on any atom is -0.443 e. The second-order valence-electron chi connectivity index (χ2n) is 5.29. The van der Waals surface area contributed by atoms with E-state index in [0.717, 1.165) is 10.9 Å². The molecule has 2 aromatic carbocycles. The molecule has 6 nitrogen and oxygen atoms in total. The van der Waals surface area contributed by atoms with Crippen molar-refractivity contribution in [2.45, 2.75) is 13.0 Å². The molecule has 0 aliphatic rings. The smallest absolute Gasteiger partial charge is 0.428 e. The lowest BCUT2D eigenvalue weighted by Crippen LogP contribution is -2.19. The topological polar surface area (TPSA) is 80.9 Å². The third-order valence-corrected chi connectivity index (χ3v) is 3.48. The van der Waals surface area contributed by atoms with E-state index in [1.165, 1.54) is 6.21 Å². The summed E-state index contributed by atoms with van der Waals surface area (Å²) in [7, 11) is 0. The van der Waals surface area contributed by atoms with Crippen molar-refractivity contribution in [3.05, 3.63) is 82.2 Å². The zero-order chi connectivity index (χ0) is 17.5. The van der Waals surface area contributed by atoms with Crippen molar-refractivity contribution < 1.29 is 13.9 Å². The van der Waals surface area contributed by atoms with Gasteiger partial charge in [-0.15, -0.1) is 0 Å². The van der Waals surface area contributed by atoms with E-state index in [9.17, 15) is 9.59 Å². The SMILES string of the molecule is O=C(NN=CCc1cc2ccccc2oc1=O)OCc1ccccc1. The van der Waals surface area contributed by atoms with Crippen LogP contribution in [0.15, 0.2) is 75.0 Å². The standard InChI is InChI=1S/C19H16N2O4/c22-18-16(12-15-8-4-5-9-17(15)25-18)10-11-20-21-19(23)24-13-14-6-2-1-3-7-14/h1-9,11-12H,10,13H2,(H,21,23). The maximum atomic E-state index is 11.9. The summed E-state index contributed by atoms with van der Waals surface area (Å²) < 4.78 is 10.2. The summed E-state index contributed by atoms with van der Waals surface area (Å²) in [5.41, 5.74) is 3.72. The van der Waals surface area contributed by atoms with Crippen LogP contribution in [-0.2, 0) is 17.8 Å². The number of rotatable bonds is 5. The summed E-state index contributed by atoms with van der Waals surface area (Å²) in [4.78, 5) is 23.4. The highest BCUT2D eigenvalue weighted by atomic mass is 16.6. The molecule has 126 valence electrons. The molecule has 0 aliphatic carbocycles. The van der Waals surface area contributed by atoms with E-state index in [0.29, 0.717) is 11.1 Å². The number of hydrogen-bond acceptors (Lipinski definition) is 5. The second-order valence-corrected chi connectivity index (χ2v) is 5.29. The fourth-order valence-electron chi connectivity index (χ4n) is 2.24. The fourth-order valence-corrected chi connectivity index (χ4v) is 2.24. The lowest BCUT2D eigenvalue weighted by molar-refractivity contribution is 0.140. The number of amides is 1. The summed E-state index contributed by atoms with van der Waals surface area (Å²) in [5, 5.41) is 4.60. The zero-order valence-corrected chi connectivity index (χ0v) is 13.3. The minimum atomic E-state index is -0.661. The molecule has 3 rings (SSSR count). The molecule has 0 atom stereocenters. The summed E-state index contributed by atoms with van der Waals surface area (Å²) in [6.45, 7) is 0.163. The van der Waals surface area contributed by atoms with Crippen LogP contribution in [-0.4, -0.2) is 12.3 Å². The van der Waals surface area contributed by atoms with Gasteiger partial charge >= 0.3 is 11.7 Å². The molecule has 0 saturated carbocycles. The monoisotopic (exact) mass is 336 g/mol. The van der Waals surface area contributed by atoms with Crippen LogP contribution in [0.2, 0.25) is 0 Å². The average Bonchev–Trinajstić information content (AvgIpc) is 2.64. The molecule has 0 spiro atoms. The lowest BCUT2D eigenvalue weighted by atomic mass is 10.1. The summed E-state index contributed by atoms with van der Waals surface area (Å²) in [6, 6.07) is 18.3. The van der Waals surface area contributed by atoms with Crippen LogP contribution in [0, 0.1) is 0 Å². The van der Waals surface area contributed by atoms with E-state index in [1.54, 1.807) is 18.2 Å². The quantitative estimate of drug-likeness (QED) is 0.440. The van der Waals surface area contributed by atoms with Crippen molar-refractivity contribution in [3.63, 3.8) is 0 Å². The van der Waals surface area contributed by atoms with Gasteiger partial charge in [0.05, 0.1) is 0 Å². The van der Waals surface area contributed by atoms with Crippen LogP contribution < -0.4 is 11.1 Å². The first-order valence-electron chi connectivity index (χ1n) is 7.72. The number of nitrogens with zero attached hydrogens (tertiary/aromatic N) is 1. The van der Waals surface area contributed by atoms with Crippen LogP contribution in [0.3, 0.4) is 0 Å². The van der Waals surface area contributed by atoms with Gasteiger partial charge in [-0.05, 0) is 17.7 Å². The Morgan fingerprint density at radius 2 is 1.88 bits per heavy atom. The predicted octanol–water partition coefficient (Wildman–Crippen LogP) is 3.25. The van der Waals surface area contributed by atoms with Gasteiger partial charge in [0.15, 0.2) is 0 Å². The molecule has 6 heteroatoms. The maximum absolute atomic E-state index is 11.9. The highest BCUT2D eigenvalue weighted by Crippen LogP contribution is 2.12. The number of nitrogens with one attached hydrogen (secondary N) is 1. The normalized spacial score (nSPS) is 10.9. The molecule has 0 radical (unpaired) electrons. The van der Waals surface area contributed by atoms with Gasteiger partial charge in [-0.1, -0.05) is 48.5 Å². The Kier molecular flexibility index (Phi) is 5.21. The third-order valence-electron chi connectivity index (χ3n) is 3.48. The first-order chi connectivity index (χ1) is 12.2. The molecule has 1 amide bonds. The molecule has 3 aromatic rings. The van der Waals surface area contributed by atoms with Crippen molar-refractivity contribution in [3.8, 4) is 0 Å². The van der Waals surface area contributed by atoms with Crippen LogP contribution in [0.1, 0.15) is 11.1 Å². The Bertz CT molecular complexity index is 948. The Morgan fingerprint density at radius 1 is 1.12 bits per heavy atom. The van der Waals surface area contributed by atoms with E-state index in [-0.39, 0.29) is 13.0 Å². The largest absolute Gasteiger partial charge is 0.443 e. The molecule has 25 heavy (non-hydrogen) atoms. The van der Waals surface area contributed by atoms with Crippen molar-refractivity contribution in [2.24, 2.45) is 5.10 Å². The van der Waals surface area contributed by atoms with Crippen molar-refractivity contribution in [1.29, 1.82) is 0 Å². The highest BCUT2D eigenvalue weighted by molar-refractivity contribution is 5.77. The van der Waals surface area contributed by atoms with E-state index < -0.39 is 11.7 Å². The molecule has 1 aromatic heterocycles.